The van der Waals surface area contributed by atoms with Crippen molar-refractivity contribution in [2.24, 2.45) is 17.4 Å². The Bertz CT molecular complexity index is 2030. The van der Waals surface area contributed by atoms with Crippen molar-refractivity contribution in [3.8, 4) is 11.1 Å². The van der Waals surface area contributed by atoms with Gasteiger partial charge in [-0.3, -0.25) is 24.0 Å². The van der Waals surface area contributed by atoms with E-state index in [1.54, 1.807) is 18.0 Å². The molecular formula is C40H51F2N11O3. The van der Waals surface area contributed by atoms with Crippen molar-refractivity contribution >= 4 is 29.5 Å². The number of aldehydes is 1. The first-order chi connectivity index (χ1) is 26.8. The summed E-state index contributed by atoms with van der Waals surface area (Å²) < 4.78 is 26.5. The first-order valence-electron chi connectivity index (χ1n) is 19.3. The van der Waals surface area contributed by atoms with Crippen LogP contribution in [0.15, 0.2) is 65.9 Å². The third kappa shape index (κ3) is 8.70. The predicted molar refractivity (Wildman–Crippen MR) is 209 cm³/mol. The number of carbonyl (C=O) groups excluding carboxylic acids is 3. The summed E-state index contributed by atoms with van der Waals surface area (Å²) in [4.78, 5) is 47.3. The van der Waals surface area contributed by atoms with Crippen LogP contribution in [0.25, 0.3) is 11.1 Å². The molecule has 7 N–H and O–H groups in total. The smallest absolute Gasteiger partial charge is 0.269 e. The number of hydrogen-bond donors (Lipinski definition) is 5. The summed E-state index contributed by atoms with van der Waals surface area (Å²) in [5.41, 5.74) is 19.3. The summed E-state index contributed by atoms with van der Waals surface area (Å²) in [6, 6.07) is 11.9. The van der Waals surface area contributed by atoms with Crippen LogP contribution in [0.2, 0.25) is 0 Å². The number of anilines is 2. The molecule has 56 heavy (non-hydrogen) atoms. The van der Waals surface area contributed by atoms with E-state index in [4.69, 9.17) is 16.6 Å². The summed E-state index contributed by atoms with van der Waals surface area (Å²) in [5.74, 6) is -2.83. The zero-order chi connectivity index (χ0) is 39.7. The number of nitrogens with zero attached hydrogens (tertiary/aromatic N) is 6. The Morgan fingerprint density at radius 1 is 1.04 bits per heavy atom. The van der Waals surface area contributed by atoms with Crippen LogP contribution < -0.4 is 32.3 Å². The standard InChI is InChI=1S/C35H42N10O3.C5H9F2N/c1-3-29-33-26(15-38-45(33)24-17-44(18-24)16-22-6-4-7-23(19-46)39-22)25-8-5-9-27(32(25)43(29)2)41-28(31(37)35(48)40-21-12-13-21)14-30(36)42-34(47)20-10-11-20;1-8-3-2-5(6,7)4-8/h4-9,14-15,19-21,24,29,41H,3,10-13,16-18,36-37H2,1-2H3,(H,40,48)(H,42,47);2-4H2,1H3/b30-14+,31-28+;. The van der Waals surface area contributed by atoms with Gasteiger partial charge in [0.05, 0.1) is 53.3 Å². The highest BCUT2D eigenvalue weighted by Crippen LogP contribution is 2.49. The number of allylic oxidation sites excluding steroid dienone is 1. The molecule has 1 atom stereocenters. The fourth-order valence-electron chi connectivity index (χ4n) is 7.59. The van der Waals surface area contributed by atoms with E-state index in [-0.39, 0.29) is 60.3 Å². The molecule has 0 bridgehead atoms. The van der Waals surface area contributed by atoms with E-state index >= 15 is 0 Å². The van der Waals surface area contributed by atoms with Crippen molar-refractivity contribution in [1.29, 1.82) is 0 Å². The molecule has 2 aliphatic carbocycles. The SMILES string of the molecule is CCC1c2c(cnn2C2CN(Cc3cccc(C=O)n3)C2)-c2cccc(NC(/C=C(\N)NC(=O)C3CC3)=C(/N)C(=O)NC3CC3)c2N1C.CN1CCC(F)(F)C1. The molecule has 5 aliphatic rings. The summed E-state index contributed by atoms with van der Waals surface area (Å²) in [6.45, 7) is 4.98. The molecule has 2 saturated heterocycles. The largest absolute Gasteiger partial charge is 0.393 e. The molecule has 1 aromatic carbocycles. The van der Waals surface area contributed by atoms with Crippen LogP contribution in [0.4, 0.5) is 20.2 Å². The number of nitrogens with one attached hydrogen (secondary N) is 3. The number of halogens is 2. The number of benzene rings is 1. The summed E-state index contributed by atoms with van der Waals surface area (Å²) in [5, 5.41) is 14.0. The van der Waals surface area contributed by atoms with Gasteiger partial charge in [-0.25, -0.2) is 13.8 Å². The molecule has 2 aromatic heterocycles. The second kappa shape index (κ2) is 16.0. The lowest BCUT2D eigenvalue weighted by atomic mass is 9.91. The van der Waals surface area contributed by atoms with Crippen LogP contribution in [0, 0.1) is 5.92 Å². The lowest BCUT2D eigenvalue weighted by Crippen LogP contribution is -2.48. The average molecular weight is 772 g/mol. The third-order valence-corrected chi connectivity index (χ3v) is 10.9. The molecule has 0 radical (unpaired) electrons. The van der Waals surface area contributed by atoms with E-state index in [0.29, 0.717) is 24.5 Å². The van der Waals surface area contributed by atoms with Gasteiger partial charge in [-0.2, -0.15) is 5.10 Å². The Morgan fingerprint density at radius 3 is 2.41 bits per heavy atom. The molecule has 0 spiro atoms. The molecule has 3 aliphatic heterocycles. The molecule has 14 nitrogen and oxygen atoms in total. The zero-order valence-corrected chi connectivity index (χ0v) is 32.1. The molecule has 1 unspecified atom stereocenters. The van der Waals surface area contributed by atoms with E-state index in [2.05, 4.69) is 55.5 Å². The minimum Gasteiger partial charge on any atom is -0.393 e. The van der Waals surface area contributed by atoms with E-state index in [0.717, 1.165) is 79.7 Å². The molecule has 16 heteroatoms. The van der Waals surface area contributed by atoms with Crippen molar-refractivity contribution in [2.45, 2.75) is 76.0 Å². The maximum atomic E-state index is 13.1. The minimum atomic E-state index is -2.41. The number of fused-ring (bicyclic) bond motifs is 3. The zero-order valence-electron chi connectivity index (χ0n) is 32.1. The number of alkyl halides is 2. The van der Waals surface area contributed by atoms with Gasteiger partial charge in [0.1, 0.15) is 17.2 Å². The van der Waals surface area contributed by atoms with E-state index in [9.17, 15) is 23.2 Å². The number of hydrogen-bond acceptors (Lipinski definition) is 11. The summed E-state index contributed by atoms with van der Waals surface area (Å²) in [7, 11) is 3.78. The Balaban J connectivity index is 0.000000536. The van der Waals surface area contributed by atoms with Crippen LogP contribution >= 0.6 is 0 Å². The van der Waals surface area contributed by atoms with E-state index < -0.39 is 5.92 Å². The van der Waals surface area contributed by atoms with Gasteiger partial charge in [0.2, 0.25) is 5.91 Å². The Kier molecular flexibility index (Phi) is 11.1. The number of rotatable bonds is 12. The van der Waals surface area contributed by atoms with E-state index in [1.165, 1.54) is 11.8 Å². The second-order valence-corrected chi connectivity index (χ2v) is 15.6. The van der Waals surface area contributed by atoms with Crippen molar-refractivity contribution in [2.75, 3.05) is 50.5 Å². The van der Waals surface area contributed by atoms with Crippen LogP contribution in [-0.4, -0.2) is 94.9 Å². The van der Waals surface area contributed by atoms with E-state index in [1.807, 2.05) is 30.5 Å². The van der Waals surface area contributed by atoms with Crippen LogP contribution in [0.1, 0.15) is 79.4 Å². The second-order valence-electron chi connectivity index (χ2n) is 15.6. The quantitative estimate of drug-likeness (QED) is 0.103. The predicted octanol–water partition coefficient (Wildman–Crippen LogP) is 3.86. The number of carbonyl (C=O) groups is 3. The molecule has 2 saturated carbocycles. The third-order valence-electron chi connectivity index (χ3n) is 10.9. The van der Waals surface area contributed by atoms with Gasteiger partial charge >= 0.3 is 0 Å². The van der Waals surface area contributed by atoms with Crippen LogP contribution in [0.5, 0.6) is 0 Å². The number of likely N-dealkylation sites (tertiary alicyclic amines) is 2. The topological polar surface area (TPSA) is 180 Å². The number of amides is 2. The van der Waals surface area contributed by atoms with Gasteiger partial charge in [0.25, 0.3) is 11.8 Å². The molecule has 298 valence electrons. The van der Waals surface area contributed by atoms with Gasteiger partial charge in [-0.05, 0) is 57.4 Å². The van der Waals surface area contributed by atoms with Gasteiger partial charge in [0.15, 0.2) is 6.29 Å². The van der Waals surface area contributed by atoms with Crippen molar-refractivity contribution in [3.05, 3.63) is 83.0 Å². The minimum absolute atomic E-state index is 0.00948. The summed E-state index contributed by atoms with van der Waals surface area (Å²) >= 11 is 0. The first-order valence-corrected chi connectivity index (χ1v) is 19.3. The highest BCUT2D eigenvalue weighted by Gasteiger charge is 2.39. The molecule has 2 amide bonds. The molecular weight excluding hydrogens is 721 g/mol. The maximum absolute atomic E-state index is 13.1. The highest BCUT2D eigenvalue weighted by atomic mass is 19.3. The van der Waals surface area contributed by atoms with Gasteiger partial charge < -0.3 is 37.2 Å². The summed E-state index contributed by atoms with van der Waals surface area (Å²) in [6.07, 6.45) is 8.67. The average Bonchev–Trinajstić information content (AvgIpc) is 4.09. The number of nitrogens with two attached hydrogens (primary N) is 2. The first kappa shape index (κ1) is 38.9. The fourth-order valence-corrected chi connectivity index (χ4v) is 7.59. The van der Waals surface area contributed by atoms with Crippen molar-refractivity contribution < 1.29 is 23.2 Å². The lowest BCUT2D eigenvalue weighted by Gasteiger charge is -2.43. The van der Waals surface area contributed by atoms with Gasteiger partial charge in [-0.1, -0.05) is 25.1 Å². The highest BCUT2D eigenvalue weighted by molar-refractivity contribution is 5.96. The van der Waals surface area contributed by atoms with Gasteiger partial charge in [-0.15, -0.1) is 0 Å². The Hall–Kier alpha value is -5.35. The number of pyridine rings is 1. The van der Waals surface area contributed by atoms with Crippen molar-refractivity contribution in [1.82, 2.24) is 35.2 Å². The fraction of sp³-hybridized carbons (Fsp3) is 0.475. The lowest BCUT2D eigenvalue weighted by molar-refractivity contribution is -0.121. The molecule has 8 rings (SSSR count). The van der Waals surface area contributed by atoms with Crippen molar-refractivity contribution in [3.63, 3.8) is 0 Å². The number of aromatic nitrogens is 3. The molecule has 5 heterocycles. The Morgan fingerprint density at radius 2 is 1.79 bits per heavy atom. The maximum Gasteiger partial charge on any atom is 0.269 e. The molecule has 3 aromatic rings. The Labute approximate surface area is 325 Å². The monoisotopic (exact) mass is 771 g/mol. The van der Waals surface area contributed by atoms with Gasteiger partial charge in [0, 0.05) is 68.8 Å². The van der Waals surface area contributed by atoms with Crippen LogP contribution in [0.3, 0.4) is 0 Å². The van der Waals surface area contributed by atoms with Crippen LogP contribution in [-0.2, 0) is 16.1 Å². The molecule has 4 fully saturated rings. The number of para-hydroxylation sites is 1. The normalized spacial score (nSPS) is 21.1.